The van der Waals surface area contributed by atoms with Gasteiger partial charge < -0.3 is 84.2 Å². The molecule has 2 fully saturated rings. The number of hydrogen-bond donors (Lipinski definition) is 12. The molecule has 1 amide bonds. The van der Waals surface area contributed by atoms with Crippen LogP contribution in [-0.2, 0) is 35.9 Å². The van der Waals surface area contributed by atoms with E-state index in [-0.39, 0.29) is 144 Å². The van der Waals surface area contributed by atoms with Gasteiger partial charge in [-0.05, 0) is 234 Å². The molecule has 19 rings (SSSR count). The molecule has 0 spiro atoms. The van der Waals surface area contributed by atoms with Crippen molar-refractivity contribution >= 4 is 259 Å². The zero-order valence-electron chi connectivity index (χ0n) is 76.0. The average Bonchev–Trinajstić information content (AvgIpc) is 1.63. The van der Waals surface area contributed by atoms with Crippen molar-refractivity contribution in [2.45, 2.75) is 159 Å². The molecule has 0 unspecified atom stereocenters. The van der Waals surface area contributed by atoms with Gasteiger partial charge in [-0.3, -0.25) is 34.5 Å². The molecule has 2 saturated carbocycles. The van der Waals surface area contributed by atoms with E-state index >= 15 is 0 Å². The Morgan fingerprint density at radius 1 is 0.522 bits per heavy atom. The zero-order valence-corrected chi connectivity index (χ0v) is 91.7. The Kier molecular flexibility index (Phi) is 50.0. The van der Waals surface area contributed by atoms with Gasteiger partial charge in [0.25, 0.3) is 6.47 Å². The molecule has 0 aromatic carbocycles. The molecule has 136 heavy (non-hydrogen) atoms. The molecule has 0 saturated heterocycles. The number of primary amides is 1. The summed E-state index contributed by atoms with van der Waals surface area (Å²) < 4.78 is 4.87. The molecule has 2 aliphatic carbocycles. The molecule has 0 aliphatic heterocycles. The van der Waals surface area contributed by atoms with Crippen molar-refractivity contribution in [3.05, 3.63) is 250 Å². The van der Waals surface area contributed by atoms with E-state index in [0.29, 0.717) is 90.1 Å². The Morgan fingerprint density at radius 3 is 1.22 bits per heavy atom. The van der Waals surface area contributed by atoms with Crippen LogP contribution in [0.2, 0.25) is 10.6 Å². The number of nitrogens with two attached hydrogens (primary N) is 5. The molecular weight excluding hydrogens is 2070 g/mol. The first-order valence-electron chi connectivity index (χ1n) is 42.3. The van der Waals surface area contributed by atoms with E-state index < -0.39 is 13.0 Å². The van der Waals surface area contributed by atoms with Gasteiger partial charge in [0.2, 0.25) is 22.4 Å². The molecule has 32 nitrogen and oxygen atoms in total. The third kappa shape index (κ3) is 36.2. The average molecular weight is 2170 g/mol. The number of nitrogens with one attached hydrogen (secondary N) is 5. The van der Waals surface area contributed by atoms with E-state index in [1.165, 1.54) is 23.1 Å². The zero-order chi connectivity index (χ0) is 94.5. The monoisotopic (exact) mass is 2170 g/mol. The van der Waals surface area contributed by atoms with Crippen LogP contribution in [0.25, 0.3) is 89.8 Å². The van der Waals surface area contributed by atoms with E-state index in [4.69, 9.17) is 81.9 Å². The van der Waals surface area contributed by atoms with Gasteiger partial charge in [-0.25, -0.2) is 15.0 Å². The Morgan fingerprint density at radius 2 is 0.882 bits per heavy atom. The summed E-state index contributed by atoms with van der Waals surface area (Å²) in [5.74, 6) is 2.17. The maximum Gasteiger partial charge on any atom is 1.00 e. The second kappa shape index (κ2) is 59.9. The number of anilines is 4. The molecule has 0 atom stereocenters. The number of nitrogens with zero attached hydrogens (tertiary/aromatic N) is 16. The van der Waals surface area contributed by atoms with Crippen LogP contribution < -0.4 is 112 Å². The Hall–Kier alpha value is -7.60. The summed E-state index contributed by atoms with van der Waals surface area (Å²) in [5, 5.41) is 63.4. The summed E-state index contributed by atoms with van der Waals surface area (Å²) in [6, 6.07) is 33.8. The number of halogens is 4. The molecule has 17 N–H and O–H groups in total. The molecule has 45 heteroatoms. The van der Waals surface area contributed by atoms with Crippen LogP contribution in [0.3, 0.4) is 0 Å². The van der Waals surface area contributed by atoms with Gasteiger partial charge in [0.1, 0.15) is 5.52 Å². The van der Waals surface area contributed by atoms with Crippen LogP contribution >= 0.6 is 126 Å². The summed E-state index contributed by atoms with van der Waals surface area (Å²) in [5.41, 5.74) is 48.0. The third-order valence-corrected chi connectivity index (χ3v) is 24.5. The first-order chi connectivity index (χ1) is 64.4. The van der Waals surface area contributed by atoms with Crippen molar-refractivity contribution in [2.75, 3.05) is 21.3 Å². The predicted octanol–water partition coefficient (Wildman–Crippen LogP) is 14.5. The smallest absolute Gasteiger partial charge is 0.662 e. The summed E-state index contributed by atoms with van der Waals surface area (Å²) in [6.45, 7) is 14.9. The van der Waals surface area contributed by atoms with Crippen LogP contribution in [0, 0.1) is 0 Å². The molecule has 703 valence electrons. The van der Waals surface area contributed by atoms with Crippen LogP contribution in [0.5, 0.6) is 0 Å². The van der Waals surface area contributed by atoms with Gasteiger partial charge >= 0.3 is 58.5 Å². The number of carbonyl (C=O) groups excluding carboxylic acids is 2. The number of imidazole rings is 3. The van der Waals surface area contributed by atoms with E-state index in [1.54, 1.807) is 98.3 Å². The molecule has 1 radical (unpaired) electrons. The number of carbonyl (C=O) groups is 2. The van der Waals surface area contributed by atoms with Crippen LogP contribution in [0.15, 0.2) is 212 Å². The number of aromatic amines is 1. The van der Waals surface area contributed by atoms with E-state index in [2.05, 4.69) is 229 Å². The van der Waals surface area contributed by atoms with Gasteiger partial charge in [0.15, 0.2) is 45.4 Å². The standard InChI is InChI=1S/C24H30N8S.C18H17ClN6S.C15H11ClN6S.C10H8N2OS.C10H10N2S.C6H14N2.C4H5BO2S.C3H7I.CH2O3.ClH.2K/c1-15(2)32-14-28-21-22(27-12-16-3-8-20(26-11-16)17-9-10-33-13-17)30-24(31-23(21)32)29-19-6-4-18(25)5-7-19;1-11(2)25-10-22-15-16(23-18(19)24-17(15)25)21-8-12-3-4-14(20-7-12)13-5-6-26-9-13;16-15-21-13(12-14(22-15)20-8-19-12)18-6-9-1-2-11(17-5-9)10-3-4-23-7-10;11-10(13)7-1-2-9(12-5-7)8-3-4-14-6-8;11-5-8-1-2-10(12-6-8)9-3-4-13-7-9;7-5-1-2-6(8)4-3-5;6-5(7)4-1-2-8-3-4;1-3(2)4;2-1-4-3;;;/h3,8-11,13-15,18-19H,4-7,12,25H2,1-2H3,(H2,27,29,30,31);3-7,9-11H,8H2,1-2H3,(H,21,23,24);1-5,7-8H,6H2,(H2,18,19,20,21,22);1-6H,(H2,11,13);1-4,6-7H,5,11H2;5-6H,1-4,7-8H2;1-3,6-7H;3H,1-2H3;1,3H;1H;;/q;;;;;;;;;;;+1/p-1. The van der Waals surface area contributed by atoms with E-state index in [0.717, 1.165) is 156 Å². The van der Waals surface area contributed by atoms with Crippen LogP contribution in [0.4, 0.5) is 23.4 Å². The van der Waals surface area contributed by atoms with Crippen LogP contribution in [-0.4, -0.2) is 193 Å². The van der Waals surface area contributed by atoms with Crippen molar-refractivity contribution < 1.29 is 81.2 Å². The molecule has 17 aromatic heterocycles. The minimum atomic E-state index is -1.30. The molecule has 17 heterocycles. The fraction of sp³-hybridized carbons (Fsp3) is 0.275. The van der Waals surface area contributed by atoms with Crippen molar-refractivity contribution in [1.82, 2.24) is 83.9 Å². The number of fused-ring (bicyclic) bond motifs is 3. The second-order valence-electron chi connectivity index (χ2n) is 30.9. The van der Waals surface area contributed by atoms with Gasteiger partial charge in [-0.2, -0.15) is 97.9 Å². The van der Waals surface area contributed by atoms with Gasteiger partial charge in [-0.1, -0.05) is 66.8 Å². The topological polar surface area (TPSA) is 491 Å². The fourth-order valence-corrected chi connectivity index (χ4v) is 17.2. The largest absolute Gasteiger partial charge is 1.00 e. The maximum atomic E-state index is 10.8. The summed E-state index contributed by atoms with van der Waals surface area (Å²) >= 11 is 24.1. The fourth-order valence-electron chi connectivity index (χ4n) is 13.0. The van der Waals surface area contributed by atoms with Crippen molar-refractivity contribution in [2.24, 2.45) is 28.7 Å². The van der Waals surface area contributed by atoms with Gasteiger partial charge in [0.05, 0.1) is 53.0 Å². The minimum Gasteiger partial charge on any atom is -0.662 e. The Bertz CT molecular complexity index is 6230. The van der Waals surface area contributed by atoms with Crippen LogP contribution in [0.1, 0.15) is 138 Å². The summed E-state index contributed by atoms with van der Waals surface area (Å²) in [6.07, 6.45) is 22.8. The number of rotatable bonds is 22. The van der Waals surface area contributed by atoms with E-state index in [9.17, 15) is 4.79 Å². The SMILES string of the molecule is CC(C)I.CC(C)n1cnc2c(NCc3ccc(-c4ccsc4)nc3)nc(Cl)nc21.CC(C)n1cnc2c(NCc3ccc(-c4ccsc4)nc3)nc(NC3CCC(N)CC3)nc21.Cl.Clc1nc(NCc2ccc(-c3ccsc3)nc2)c2[nH]cnc2n1.NC(=O)c1ccc(-c2ccsc2)nc1.NC1CCC(N)CC1.NCc1ccc(-c2ccsc2)nc1.O=CO[O-].OB(O)c1ccsc1.[K+].[K]. The normalized spacial score (nSPS) is 13.9. The molecule has 17 aromatic rings. The van der Waals surface area contributed by atoms with E-state index in [1.807, 2.05) is 99.0 Å². The number of aromatic nitrogens is 17. The number of thiophene rings is 6. The number of H-pyrrole nitrogens is 1. The first kappa shape index (κ1) is 114. The number of amides is 1. The number of pyridine rings is 5. The quantitative estimate of drug-likeness (QED) is 0.00570. The molecular formula is C91H104BCl3IK2N26O6S6. The van der Waals surface area contributed by atoms with Gasteiger partial charge in [-0.15, -0.1) is 12.4 Å². The predicted molar refractivity (Wildman–Crippen MR) is 561 cm³/mol. The molecule has 0 bridgehead atoms. The Labute approximate surface area is 927 Å². The van der Waals surface area contributed by atoms with Gasteiger partial charge in [0, 0.05) is 203 Å². The second-order valence-corrected chi connectivity index (χ2v) is 38.8. The van der Waals surface area contributed by atoms with Crippen molar-refractivity contribution in [3.63, 3.8) is 0 Å². The van der Waals surface area contributed by atoms with Crippen molar-refractivity contribution in [1.29, 1.82) is 0 Å². The summed E-state index contributed by atoms with van der Waals surface area (Å²) in [4.78, 5) is 86.8. The van der Waals surface area contributed by atoms with Crippen molar-refractivity contribution in [3.8, 4) is 56.3 Å². The first-order valence-corrected chi connectivity index (χ1v) is 49.9. The third-order valence-electron chi connectivity index (χ3n) is 20.0. The maximum absolute atomic E-state index is 10.8. The minimum absolute atomic E-state index is 0. The molecule has 2 aliphatic rings. The number of hydrogen-bond acceptors (Lipinski definition) is 34. The number of alkyl halides is 1. The Balaban J connectivity index is 0.000000200. The summed E-state index contributed by atoms with van der Waals surface area (Å²) in [7, 11) is -1.30.